The second kappa shape index (κ2) is 8.31. The number of benzene rings is 1. The van der Waals surface area contributed by atoms with Gasteiger partial charge in [0.2, 0.25) is 5.91 Å². The van der Waals surface area contributed by atoms with Crippen LogP contribution >= 0.6 is 0 Å². The number of morpholine rings is 1. The molecule has 0 atom stereocenters. The van der Waals surface area contributed by atoms with E-state index < -0.39 is 0 Å². The molecule has 0 bridgehead atoms. The molecule has 0 saturated carbocycles. The number of carbonyl (C=O) groups is 1. The first-order valence-electron chi connectivity index (χ1n) is 8.42. The summed E-state index contributed by atoms with van der Waals surface area (Å²) in [5, 5.41) is 3.09. The molecule has 1 heterocycles. The molecule has 1 aliphatic heterocycles. The van der Waals surface area contributed by atoms with E-state index in [0.717, 1.165) is 38.5 Å². The highest BCUT2D eigenvalue weighted by molar-refractivity contribution is 5.81. The first-order valence-corrected chi connectivity index (χ1v) is 8.42. The van der Waals surface area contributed by atoms with Crippen molar-refractivity contribution >= 4 is 11.6 Å². The van der Waals surface area contributed by atoms with Crippen molar-refractivity contribution in [1.82, 2.24) is 10.2 Å². The lowest BCUT2D eigenvalue weighted by Gasteiger charge is -2.41. The minimum absolute atomic E-state index is 0.0523. The molecule has 23 heavy (non-hydrogen) atoms. The van der Waals surface area contributed by atoms with E-state index in [1.54, 1.807) is 0 Å². The van der Waals surface area contributed by atoms with Crippen LogP contribution in [0.4, 0.5) is 5.69 Å². The molecule has 0 spiro atoms. The summed E-state index contributed by atoms with van der Waals surface area (Å²) in [6.45, 7) is 11.7. The zero-order valence-corrected chi connectivity index (χ0v) is 14.5. The van der Waals surface area contributed by atoms with E-state index in [1.807, 2.05) is 30.3 Å². The monoisotopic (exact) mass is 319 g/mol. The van der Waals surface area contributed by atoms with Crippen LogP contribution in [-0.2, 0) is 9.53 Å². The molecule has 0 aliphatic carbocycles. The summed E-state index contributed by atoms with van der Waals surface area (Å²) in [6.07, 6.45) is 0. The molecule has 1 aromatic rings. The van der Waals surface area contributed by atoms with Gasteiger partial charge in [-0.2, -0.15) is 0 Å². The van der Waals surface area contributed by atoms with Gasteiger partial charge in [0.05, 0.1) is 19.8 Å². The van der Waals surface area contributed by atoms with Gasteiger partial charge in [-0.05, 0) is 32.9 Å². The van der Waals surface area contributed by atoms with E-state index in [0.29, 0.717) is 13.1 Å². The Labute approximate surface area is 139 Å². The first-order chi connectivity index (χ1) is 11.0. The highest BCUT2D eigenvalue weighted by atomic mass is 16.5. The maximum Gasteiger partial charge on any atom is 0.239 e. The van der Waals surface area contributed by atoms with Gasteiger partial charge in [-0.3, -0.25) is 9.69 Å². The molecule has 1 aliphatic rings. The molecule has 5 nitrogen and oxygen atoms in total. The van der Waals surface area contributed by atoms with Gasteiger partial charge in [0.15, 0.2) is 0 Å². The van der Waals surface area contributed by atoms with Gasteiger partial charge in [0.1, 0.15) is 0 Å². The topological polar surface area (TPSA) is 44.8 Å². The van der Waals surface area contributed by atoms with Gasteiger partial charge in [-0.25, -0.2) is 0 Å². The van der Waals surface area contributed by atoms with E-state index >= 15 is 0 Å². The summed E-state index contributed by atoms with van der Waals surface area (Å²) in [6, 6.07) is 10.1. The van der Waals surface area contributed by atoms with E-state index in [4.69, 9.17) is 4.74 Å². The Morgan fingerprint density at radius 1 is 1.26 bits per heavy atom. The van der Waals surface area contributed by atoms with E-state index in [2.05, 4.69) is 35.9 Å². The van der Waals surface area contributed by atoms with Gasteiger partial charge < -0.3 is 15.0 Å². The van der Waals surface area contributed by atoms with E-state index in [1.165, 1.54) is 0 Å². The Bertz CT molecular complexity index is 484. The number of carbonyl (C=O) groups excluding carboxylic acids is 1. The number of anilines is 1. The zero-order chi connectivity index (χ0) is 16.7. The second-order valence-corrected chi connectivity index (χ2v) is 6.54. The molecule has 2 rings (SSSR count). The molecule has 1 fully saturated rings. The summed E-state index contributed by atoms with van der Waals surface area (Å²) in [5.41, 5.74) is 1.03. The Balaban J connectivity index is 1.84. The molecule has 0 radical (unpaired) electrons. The van der Waals surface area contributed by atoms with Gasteiger partial charge in [-0.15, -0.1) is 0 Å². The van der Waals surface area contributed by atoms with Crippen LogP contribution in [0.25, 0.3) is 0 Å². The molecule has 1 saturated heterocycles. The van der Waals surface area contributed by atoms with Gasteiger partial charge in [0.25, 0.3) is 0 Å². The summed E-state index contributed by atoms with van der Waals surface area (Å²) >= 11 is 0. The van der Waals surface area contributed by atoms with Gasteiger partial charge >= 0.3 is 0 Å². The fourth-order valence-corrected chi connectivity index (χ4v) is 2.85. The van der Waals surface area contributed by atoms with Crippen molar-refractivity contribution in [2.75, 3.05) is 50.8 Å². The maximum atomic E-state index is 12.3. The number of hydrogen-bond acceptors (Lipinski definition) is 4. The highest BCUT2D eigenvalue weighted by Crippen LogP contribution is 2.15. The number of para-hydroxylation sites is 1. The number of amides is 1. The predicted molar refractivity (Wildman–Crippen MR) is 93.8 cm³/mol. The summed E-state index contributed by atoms with van der Waals surface area (Å²) < 4.78 is 5.40. The smallest absolute Gasteiger partial charge is 0.239 e. The molecule has 0 unspecified atom stereocenters. The van der Waals surface area contributed by atoms with Crippen LogP contribution in [0.5, 0.6) is 0 Å². The SMILES string of the molecule is CCN(CC(=O)NCC(C)(C)N1CCOCC1)c1ccccc1. The van der Waals surface area contributed by atoms with Crippen LogP contribution < -0.4 is 10.2 Å². The molecule has 5 heteroatoms. The molecular formula is C18H29N3O2. The van der Waals surface area contributed by atoms with Crippen LogP contribution in [-0.4, -0.2) is 62.3 Å². The average molecular weight is 319 g/mol. The van der Waals surface area contributed by atoms with Crippen molar-refractivity contribution in [3.05, 3.63) is 30.3 Å². The largest absolute Gasteiger partial charge is 0.379 e. The molecule has 1 aromatic carbocycles. The number of likely N-dealkylation sites (N-methyl/N-ethyl adjacent to an activating group) is 1. The van der Waals surface area contributed by atoms with Crippen LogP contribution in [0.2, 0.25) is 0 Å². The van der Waals surface area contributed by atoms with Crippen molar-refractivity contribution in [1.29, 1.82) is 0 Å². The van der Waals surface area contributed by atoms with Gasteiger partial charge in [0, 0.05) is 37.4 Å². The zero-order valence-electron chi connectivity index (χ0n) is 14.5. The fourth-order valence-electron chi connectivity index (χ4n) is 2.85. The normalized spacial score (nSPS) is 16.1. The summed E-state index contributed by atoms with van der Waals surface area (Å²) in [5.74, 6) is 0.0667. The fraction of sp³-hybridized carbons (Fsp3) is 0.611. The third-order valence-electron chi connectivity index (χ3n) is 4.42. The van der Waals surface area contributed by atoms with Crippen LogP contribution in [0.15, 0.2) is 30.3 Å². The number of rotatable bonds is 7. The molecule has 1 N–H and O–H groups in total. The molecule has 0 aromatic heterocycles. The Morgan fingerprint density at radius 3 is 2.52 bits per heavy atom. The number of hydrogen-bond donors (Lipinski definition) is 1. The van der Waals surface area contributed by atoms with E-state index in [9.17, 15) is 4.79 Å². The average Bonchev–Trinajstić information content (AvgIpc) is 2.59. The van der Waals surface area contributed by atoms with Crippen molar-refractivity contribution in [3.63, 3.8) is 0 Å². The maximum absolute atomic E-state index is 12.3. The molecule has 128 valence electrons. The minimum Gasteiger partial charge on any atom is -0.379 e. The van der Waals surface area contributed by atoms with Crippen molar-refractivity contribution in [3.8, 4) is 0 Å². The Hall–Kier alpha value is -1.59. The lowest BCUT2D eigenvalue weighted by atomic mass is 10.0. The second-order valence-electron chi connectivity index (χ2n) is 6.54. The molecule has 1 amide bonds. The number of nitrogens with one attached hydrogen (secondary N) is 1. The Morgan fingerprint density at radius 2 is 1.91 bits per heavy atom. The van der Waals surface area contributed by atoms with E-state index in [-0.39, 0.29) is 11.4 Å². The number of nitrogens with zero attached hydrogens (tertiary/aromatic N) is 2. The summed E-state index contributed by atoms with van der Waals surface area (Å²) in [7, 11) is 0. The van der Waals surface area contributed by atoms with Crippen molar-refractivity contribution < 1.29 is 9.53 Å². The van der Waals surface area contributed by atoms with Crippen molar-refractivity contribution in [2.24, 2.45) is 0 Å². The quantitative estimate of drug-likeness (QED) is 0.831. The first kappa shape index (κ1) is 17.8. The van der Waals surface area contributed by atoms with Crippen molar-refractivity contribution in [2.45, 2.75) is 26.3 Å². The lowest BCUT2D eigenvalue weighted by Crippen LogP contribution is -2.56. The lowest BCUT2D eigenvalue weighted by molar-refractivity contribution is -0.120. The Kier molecular flexibility index (Phi) is 6.42. The predicted octanol–water partition coefficient (Wildman–Crippen LogP) is 1.74. The number of ether oxygens (including phenoxy) is 1. The van der Waals surface area contributed by atoms with Crippen LogP contribution in [0.1, 0.15) is 20.8 Å². The third-order valence-corrected chi connectivity index (χ3v) is 4.42. The third kappa shape index (κ3) is 5.22. The van der Waals surface area contributed by atoms with Gasteiger partial charge in [-0.1, -0.05) is 18.2 Å². The minimum atomic E-state index is -0.0523. The highest BCUT2D eigenvalue weighted by Gasteiger charge is 2.28. The van der Waals surface area contributed by atoms with Crippen LogP contribution in [0, 0.1) is 0 Å². The van der Waals surface area contributed by atoms with Crippen LogP contribution in [0.3, 0.4) is 0 Å². The molecular weight excluding hydrogens is 290 g/mol. The summed E-state index contributed by atoms with van der Waals surface area (Å²) in [4.78, 5) is 16.8. The standard InChI is InChI=1S/C18H29N3O2/c1-4-20(16-8-6-5-7-9-16)14-17(22)19-15-18(2,3)21-10-12-23-13-11-21/h5-9H,4,10-15H2,1-3H3,(H,19,22).